The molecule has 1 saturated heterocycles. The van der Waals surface area contributed by atoms with E-state index < -0.39 is 6.10 Å². The first kappa shape index (κ1) is 16.7. The van der Waals surface area contributed by atoms with Crippen molar-refractivity contribution in [3.05, 3.63) is 33.1 Å². The largest absolute Gasteiger partial charge is 0.388 e. The average Bonchev–Trinajstić information content (AvgIpc) is 2.95. The molecule has 1 atom stereocenters. The van der Waals surface area contributed by atoms with Crippen molar-refractivity contribution in [2.75, 3.05) is 19.6 Å². The molecule has 0 radical (unpaired) electrons. The van der Waals surface area contributed by atoms with Crippen LogP contribution in [0.4, 0.5) is 4.39 Å². The van der Waals surface area contributed by atoms with Crippen molar-refractivity contribution in [1.82, 2.24) is 4.90 Å². The number of hydrogen-bond donors (Lipinski definition) is 1. The lowest BCUT2D eigenvalue weighted by Crippen LogP contribution is -2.39. The summed E-state index contributed by atoms with van der Waals surface area (Å²) in [5.74, 6) is -0.289. The van der Waals surface area contributed by atoms with E-state index in [9.17, 15) is 9.50 Å². The van der Waals surface area contributed by atoms with Gasteiger partial charge >= 0.3 is 0 Å². The van der Waals surface area contributed by atoms with Crippen LogP contribution in [-0.4, -0.2) is 29.6 Å². The van der Waals surface area contributed by atoms with Crippen molar-refractivity contribution in [2.45, 2.75) is 51.0 Å². The molecule has 2 nitrogen and oxygen atoms in total. The van der Waals surface area contributed by atoms with Gasteiger partial charge in [-0.2, -0.15) is 0 Å². The van der Waals surface area contributed by atoms with E-state index in [4.69, 9.17) is 0 Å². The molecule has 0 amide bonds. The highest BCUT2D eigenvalue weighted by Crippen LogP contribution is 2.46. The molecule has 1 unspecified atom stereocenters. The van der Waals surface area contributed by atoms with Gasteiger partial charge in [-0.1, -0.05) is 18.9 Å². The summed E-state index contributed by atoms with van der Waals surface area (Å²) in [5, 5.41) is 10.3. The van der Waals surface area contributed by atoms with Crippen LogP contribution in [0.15, 0.2) is 18.2 Å². The highest BCUT2D eigenvalue weighted by atomic mass is 127. The molecule has 1 spiro atoms. The Morgan fingerprint density at radius 1 is 1.18 bits per heavy atom. The fourth-order valence-corrected chi connectivity index (χ4v) is 4.56. The van der Waals surface area contributed by atoms with Gasteiger partial charge < -0.3 is 10.0 Å². The smallest absolute Gasteiger partial charge is 0.130 e. The number of hydrogen-bond acceptors (Lipinski definition) is 2. The van der Waals surface area contributed by atoms with Gasteiger partial charge in [0.25, 0.3) is 0 Å². The van der Waals surface area contributed by atoms with Crippen LogP contribution in [0.2, 0.25) is 0 Å². The number of aliphatic hydroxyl groups is 1. The molecule has 0 aromatic heterocycles. The van der Waals surface area contributed by atoms with Crippen molar-refractivity contribution in [2.24, 2.45) is 5.41 Å². The third-order valence-corrected chi connectivity index (χ3v) is 6.29. The molecule has 1 heterocycles. The molecule has 1 aliphatic carbocycles. The molecule has 1 N–H and O–H groups in total. The zero-order valence-corrected chi connectivity index (χ0v) is 15.2. The van der Waals surface area contributed by atoms with Crippen LogP contribution in [0.3, 0.4) is 0 Å². The first-order valence-electron chi connectivity index (χ1n) is 8.43. The molecule has 4 heteroatoms. The first-order valence-corrected chi connectivity index (χ1v) is 9.51. The first-order chi connectivity index (χ1) is 10.6. The fourth-order valence-electron chi connectivity index (χ4n) is 4.11. The second-order valence-corrected chi connectivity index (χ2v) is 8.26. The molecule has 1 aromatic carbocycles. The Morgan fingerprint density at radius 2 is 1.86 bits per heavy atom. The number of likely N-dealkylation sites (tertiary alicyclic amines) is 1. The highest BCUT2D eigenvalue weighted by Gasteiger charge is 2.36. The molecule has 22 heavy (non-hydrogen) atoms. The van der Waals surface area contributed by atoms with Gasteiger partial charge in [-0.15, -0.1) is 0 Å². The Kier molecular flexibility index (Phi) is 5.40. The lowest BCUT2D eigenvalue weighted by Gasteiger charge is -2.39. The quantitative estimate of drug-likeness (QED) is 0.729. The summed E-state index contributed by atoms with van der Waals surface area (Å²) in [6.45, 7) is 3.15. The summed E-state index contributed by atoms with van der Waals surface area (Å²) in [4.78, 5) is 2.44. The van der Waals surface area contributed by atoms with Gasteiger partial charge in [-0.25, -0.2) is 4.39 Å². The number of nitrogens with zero attached hydrogens (tertiary/aromatic N) is 1. The highest BCUT2D eigenvalue weighted by molar-refractivity contribution is 14.1. The van der Waals surface area contributed by atoms with Crippen molar-refractivity contribution >= 4 is 22.6 Å². The Hall–Kier alpha value is -0.200. The number of halogens is 2. The van der Waals surface area contributed by atoms with E-state index in [0.717, 1.165) is 23.2 Å². The van der Waals surface area contributed by atoms with Crippen LogP contribution < -0.4 is 0 Å². The van der Waals surface area contributed by atoms with Gasteiger partial charge in [0, 0.05) is 15.7 Å². The van der Waals surface area contributed by atoms with Crippen LogP contribution in [0.1, 0.15) is 56.6 Å². The standard InChI is InChI=1S/C18H25FINO/c19-16-13-14(20)3-4-15(16)17(22)5-10-21-11-8-18(9-12-21)6-1-2-7-18/h3-4,13,17,22H,1-2,5-12H2. The van der Waals surface area contributed by atoms with E-state index in [1.54, 1.807) is 6.07 Å². The Labute approximate surface area is 146 Å². The van der Waals surface area contributed by atoms with E-state index >= 15 is 0 Å². The molecule has 1 aliphatic heterocycles. The summed E-state index contributed by atoms with van der Waals surface area (Å²) < 4.78 is 14.8. The topological polar surface area (TPSA) is 23.5 Å². The van der Waals surface area contributed by atoms with Gasteiger partial charge in [0.1, 0.15) is 5.82 Å². The number of piperidine rings is 1. The second-order valence-electron chi connectivity index (χ2n) is 7.02. The maximum Gasteiger partial charge on any atom is 0.130 e. The van der Waals surface area contributed by atoms with Gasteiger partial charge in [0.05, 0.1) is 6.10 Å². The Morgan fingerprint density at radius 3 is 2.50 bits per heavy atom. The molecular formula is C18H25FINO. The minimum atomic E-state index is -0.695. The van der Waals surface area contributed by atoms with Crippen LogP contribution in [0.5, 0.6) is 0 Å². The maximum atomic E-state index is 13.9. The lowest BCUT2D eigenvalue weighted by atomic mass is 9.77. The predicted molar refractivity (Wildman–Crippen MR) is 95.3 cm³/mol. The Bertz CT molecular complexity index is 506. The number of benzene rings is 1. The van der Waals surface area contributed by atoms with Crippen LogP contribution >= 0.6 is 22.6 Å². The minimum absolute atomic E-state index is 0.289. The van der Waals surface area contributed by atoms with Crippen LogP contribution in [0.25, 0.3) is 0 Å². The molecule has 1 saturated carbocycles. The summed E-state index contributed by atoms with van der Waals surface area (Å²) in [7, 11) is 0. The molecule has 3 rings (SSSR count). The Balaban J connectivity index is 1.48. The normalized spacial score (nSPS) is 23.0. The summed E-state index contributed by atoms with van der Waals surface area (Å²) >= 11 is 2.09. The maximum absolute atomic E-state index is 13.9. The van der Waals surface area contributed by atoms with E-state index in [1.807, 2.05) is 6.07 Å². The van der Waals surface area contributed by atoms with E-state index in [2.05, 4.69) is 27.5 Å². The van der Waals surface area contributed by atoms with Crippen molar-refractivity contribution < 1.29 is 9.50 Å². The average molecular weight is 417 g/mol. The van der Waals surface area contributed by atoms with Crippen LogP contribution in [-0.2, 0) is 0 Å². The summed E-state index contributed by atoms with van der Waals surface area (Å²) in [6.07, 6.45) is 8.18. The molecule has 2 aliphatic rings. The number of aliphatic hydroxyl groups excluding tert-OH is 1. The zero-order chi connectivity index (χ0) is 15.6. The van der Waals surface area contributed by atoms with Crippen molar-refractivity contribution in [3.63, 3.8) is 0 Å². The van der Waals surface area contributed by atoms with E-state index in [0.29, 0.717) is 17.4 Å². The third-order valence-electron chi connectivity index (χ3n) is 5.62. The van der Waals surface area contributed by atoms with E-state index in [-0.39, 0.29) is 5.82 Å². The van der Waals surface area contributed by atoms with Crippen LogP contribution in [0, 0.1) is 14.8 Å². The van der Waals surface area contributed by atoms with Gasteiger partial charge in [0.2, 0.25) is 0 Å². The molecular weight excluding hydrogens is 392 g/mol. The van der Waals surface area contributed by atoms with E-state index in [1.165, 1.54) is 44.6 Å². The zero-order valence-electron chi connectivity index (χ0n) is 13.0. The van der Waals surface area contributed by atoms with Gasteiger partial charge in [-0.3, -0.25) is 0 Å². The summed E-state index contributed by atoms with van der Waals surface area (Å²) in [5.41, 5.74) is 1.07. The van der Waals surface area contributed by atoms with Gasteiger partial charge in [0.15, 0.2) is 0 Å². The molecule has 122 valence electrons. The lowest BCUT2D eigenvalue weighted by molar-refractivity contribution is 0.0860. The third kappa shape index (κ3) is 3.82. The minimum Gasteiger partial charge on any atom is -0.388 e. The summed E-state index contributed by atoms with van der Waals surface area (Å²) in [6, 6.07) is 5.06. The SMILES string of the molecule is OC(CCN1CCC2(CCCC2)CC1)c1ccc(I)cc1F. The molecule has 1 aromatic rings. The fraction of sp³-hybridized carbons (Fsp3) is 0.667. The second kappa shape index (κ2) is 7.14. The van der Waals surface area contributed by atoms with Crippen molar-refractivity contribution in [3.8, 4) is 0 Å². The van der Waals surface area contributed by atoms with Crippen molar-refractivity contribution in [1.29, 1.82) is 0 Å². The molecule has 0 bridgehead atoms. The number of rotatable bonds is 4. The molecule has 2 fully saturated rings. The monoisotopic (exact) mass is 417 g/mol. The predicted octanol–water partition coefficient (Wildman–Crippen LogP) is 4.51. The van der Waals surface area contributed by atoms with Gasteiger partial charge in [-0.05, 0) is 85.3 Å².